The number of likely N-dealkylation sites (N-methyl/N-ethyl adjacent to an activating group) is 2. The van der Waals surface area contributed by atoms with E-state index in [0.717, 1.165) is 10.5 Å². The first kappa shape index (κ1) is 18.2. The summed E-state index contributed by atoms with van der Waals surface area (Å²) in [4.78, 5) is 36.6. The molecule has 0 radical (unpaired) electrons. The van der Waals surface area contributed by atoms with Crippen molar-refractivity contribution in [3.8, 4) is 5.75 Å². The molecular formula is C16H20N2O5. The molecule has 0 heterocycles. The van der Waals surface area contributed by atoms with Crippen molar-refractivity contribution in [3.05, 3.63) is 35.9 Å². The number of hydrogen-bond donors (Lipinski definition) is 1. The van der Waals surface area contributed by atoms with Crippen LogP contribution in [0.2, 0.25) is 0 Å². The average molecular weight is 320 g/mol. The number of aliphatic carboxylic acids is 1. The molecule has 0 spiro atoms. The molecule has 0 saturated carbocycles. The van der Waals surface area contributed by atoms with Crippen molar-refractivity contribution in [2.24, 2.45) is 0 Å². The van der Waals surface area contributed by atoms with Gasteiger partial charge in [-0.15, -0.1) is 0 Å². The van der Waals surface area contributed by atoms with E-state index in [1.165, 1.54) is 25.1 Å². The zero-order valence-corrected chi connectivity index (χ0v) is 13.4. The maximum atomic E-state index is 12.0. The third-order valence-electron chi connectivity index (χ3n) is 3.06. The first-order chi connectivity index (χ1) is 10.8. The van der Waals surface area contributed by atoms with Gasteiger partial charge in [0.05, 0.1) is 13.7 Å². The van der Waals surface area contributed by atoms with Crippen LogP contribution in [0.5, 0.6) is 5.75 Å². The summed E-state index contributed by atoms with van der Waals surface area (Å²) < 4.78 is 5.09. The first-order valence-corrected chi connectivity index (χ1v) is 6.86. The van der Waals surface area contributed by atoms with Crippen LogP contribution < -0.4 is 4.74 Å². The summed E-state index contributed by atoms with van der Waals surface area (Å²) in [5.74, 6) is -1.23. The van der Waals surface area contributed by atoms with Crippen LogP contribution in [0, 0.1) is 0 Å². The molecule has 124 valence electrons. The molecule has 0 fully saturated rings. The van der Waals surface area contributed by atoms with Gasteiger partial charge in [-0.05, 0) is 23.8 Å². The molecule has 0 atom stereocenters. The molecule has 23 heavy (non-hydrogen) atoms. The van der Waals surface area contributed by atoms with Crippen LogP contribution in [-0.4, -0.2) is 67.0 Å². The minimum atomic E-state index is -1.10. The zero-order chi connectivity index (χ0) is 17.4. The van der Waals surface area contributed by atoms with Crippen molar-refractivity contribution in [1.29, 1.82) is 0 Å². The third-order valence-corrected chi connectivity index (χ3v) is 3.06. The van der Waals surface area contributed by atoms with E-state index in [1.54, 1.807) is 31.4 Å². The number of amides is 2. The predicted octanol–water partition coefficient (Wildman–Crippen LogP) is 0.710. The predicted molar refractivity (Wildman–Crippen MR) is 84.9 cm³/mol. The number of carboxylic acid groups (broad SMARTS) is 1. The highest BCUT2D eigenvalue weighted by molar-refractivity contribution is 5.94. The molecule has 1 rings (SSSR count). The zero-order valence-electron chi connectivity index (χ0n) is 13.4. The van der Waals surface area contributed by atoms with Crippen LogP contribution in [-0.2, 0) is 14.4 Å². The Bertz CT molecular complexity index is 612. The van der Waals surface area contributed by atoms with Gasteiger partial charge < -0.3 is 19.6 Å². The summed E-state index contributed by atoms with van der Waals surface area (Å²) in [7, 11) is 4.41. The molecule has 0 saturated heterocycles. The van der Waals surface area contributed by atoms with Crippen molar-refractivity contribution >= 4 is 23.9 Å². The first-order valence-electron chi connectivity index (χ1n) is 6.86. The molecule has 1 aromatic carbocycles. The average Bonchev–Trinajstić information content (AvgIpc) is 2.51. The largest absolute Gasteiger partial charge is 0.497 e. The Hall–Kier alpha value is -2.83. The van der Waals surface area contributed by atoms with E-state index in [-0.39, 0.29) is 12.5 Å². The third kappa shape index (κ3) is 6.21. The molecule has 7 heteroatoms. The Morgan fingerprint density at radius 3 is 2.48 bits per heavy atom. The molecule has 0 aliphatic heterocycles. The van der Waals surface area contributed by atoms with Crippen molar-refractivity contribution in [1.82, 2.24) is 9.80 Å². The minimum Gasteiger partial charge on any atom is -0.497 e. The lowest BCUT2D eigenvalue weighted by Gasteiger charge is -2.19. The smallest absolute Gasteiger partial charge is 0.323 e. The van der Waals surface area contributed by atoms with Crippen molar-refractivity contribution in [2.75, 3.05) is 34.3 Å². The molecule has 0 unspecified atom stereocenters. The van der Waals surface area contributed by atoms with Gasteiger partial charge in [0.2, 0.25) is 11.8 Å². The molecular weight excluding hydrogens is 300 g/mol. The van der Waals surface area contributed by atoms with Crippen LogP contribution >= 0.6 is 0 Å². The maximum Gasteiger partial charge on any atom is 0.323 e. The van der Waals surface area contributed by atoms with Gasteiger partial charge in [-0.3, -0.25) is 14.4 Å². The van der Waals surface area contributed by atoms with E-state index >= 15 is 0 Å². The molecule has 0 aromatic heterocycles. The summed E-state index contributed by atoms with van der Waals surface area (Å²) in [5.41, 5.74) is 0.792. The van der Waals surface area contributed by atoms with Gasteiger partial charge in [0.1, 0.15) is 12.3 Å². The van der Waals surface area contributed by atoms with E-state index in [1.807, 2.05) is 6.07 Å². The van der Waals surface area contributed by atoms with Crippen molar-refractivity contribution < 1.29 is 24.2 Å². The number of rotatable bonds is 7. The fourth-order valence-corrected chi connectivity index (χ4v) is 1.73. The monoisotopic (exact) mass is 320 g/mol. The topological polar surface area (TPSA) is 87.2 Å². The number of carbonyl (C=O) groups is 3. The number of nitrogens with zero attached hydrogens (tertiary/aromatic N) is 2. The summed E-state index contributed by atoms with van der Waals surface area (Å²) >= 11 is 0. The lowest BCUT2D eigenvalue weighted by atomic mass is 10.2. The van der Waals surface area contributed by atoms with Crippen LogP contribution in [0.4, 0.5) is 0 Å². The van der Waals surface area contributed by atoms with Gasteiger partial charge in [0.15, 0.2) is 0 Å². The van der Waals surface area contributed by atoms with Gasteiger partial charge in [0, 0.05) is 20.2 Å². The highest BCUT2D eigenvalue weighted by Gasteiger charge is 2.16. The quantitative estimate of drug-likeness (QED) is 0.748. The van der Waals surface area contributed by atoms with Crippen LogP contribution in [0.15, 0.2) is 30.3 Å². The Morgan fingerprint density at radius 2 is 1.87 bits per heavy atom. The number of carboxylic acids is 1. The molecule has 7 nitrogen and oxygen atoms in total. The minimum absolute atomic E-state index is 0.189. The van der Waals surface area contributed by atoms with Gasteiger partial charge in [-0.2, -0.15) is 0 Å². The van der Waals surface area contributed by atoms with E-state index in [2.05, 4.69) is 0 Å². The number of methoxy groups -OCH3 is 1. The Morgan fingerprint density at radius 1 is 1.17 bits per heavy atom. The highest BCUT2D eigenvalue weighted by atomic mass is 16.5. The molecule has 0 bridgehead atoms. The normalized spacial score (nSPS) is 10.4. The fraction of sp³-hybridized carbons (Fsp3) is 0.312. The summed E-state index contributed by atoms with van der Waals surface area (Å²) in [6.07, 6.45) is 2.96. The van der Waals surface area contributed by atoms with Crippen molar-refractivity contribution in [3.63, 3.8) is 0 Å². The fourth-order valence-electron chi connectivity index (χ4n) is 1.73. The van der Waals surface area contributed by atoms with E-state index < -0.39 is 18.4 Å². The van der Waals surface area contributed by atoms with Gasteiger partial charge in [0.25, 0.3) is 0 Å². The van der Waals surface area contributed by atoms with Gasteiger partial charge in [-0.1, -0.05) is 12.1 Å². The molecule has 0 aliphatic rings. The molecule has 1 aromatic rings. The Labute approximate surface area is 134 Å². The number of carbonyl (C=O) groups excluding carboxylic acids is 2. The Kier molecular flexibility index (Phi) is 6.79. The number of benzene rings is 1. The maximum absolute atomic E-state index is 12.0. The van der Waals surface area contributed by atoms with Crippen LogP contribution in [0.1, 0.15) is 5.56 Å². The van der Waals surface area contributed by atoms with Gasteiger partial charge in [-0.25, -0.2) is 0 Å². The summed E-state index contributed by atoms with van der Waals surface area (Å²) in [6, 6.07) is 7.19. The lowest BCUT2D eigenvalue weighted by Crippen LogP contribution is -2.40. The molecule has 2 amide bonds. The molecule has 1 N–H and O–H groups in total. The van der Waals surface area contributed by atoms with Crippen LogP contribution in [0.25, 0.3) is 6.08 Å². The highest BCUT2D eigenvalue weighted by Crippen LogP contribution is 2.13. The second-order valence-electron chi connectivity index (χ2n) is 4.95. The summed E-state index contributed by atoms with van der Waals surface area (Å²) in [6.45, 7) is -0.592. The number of ether oxygens (including phenoxy) is 1. The standard InChI is InChI=1S/C16H20N2O5/c1-17(10-15(20)18(2)11-16(21)22)14(19)8-7-12-5-4-6-13(9-12)23-3/h4-9H,10-11H2,1-3H3,(H,21,22)/b8-7+. The van der Waals surface area contributed by atoms with E-state index in [9.17, 15) is 14.4 Å². The van der Waals surface area contributed by atoms with Crippen molar-refractivity contribution in [2.45, 2.75) is 0 Å². The Balaban J connectivity index is 2.60. The second kappa shape index (κ2) is 8.57. The lowest BCUT2D eigenvalue weighted by molar-refractivity contribution is -0.144. The SMILES string of the molecule is COc1cccc(/C=C/C(=O)N(C)CC(=O)N(C)CC(=O)O)c1. The second-order valence-corrected chi connectivity index (χ2v) is 4.95. The van der Waals surface area contributed by atoms with E-state index in [4.69, 9.17) is 9.84 Å². The van der Waals surface area contributed by atoms with E-state index in [0.29, 0.717) is 5.75 Å². The number of hydrogen-bond acceptors (Lipinski definition) is 4. The van der Waals surface area contributed by atoms with Crippen LogP contribution in [0.3, 0.4) is 0 Å². The van der Waals surface area contributed by atoms with Gasteiger partial charge >= 0.3 is 5.97 Å². The summed E-state index contributed by atoms with van der Waals surface area (Å²) in [5, 5.41) is 8.63. The molecule has 0 aliphatic carbocycles.